The molecule has 0 fully saturated rings. The number of nitrogens with one attached hydrogen (secondary N) is 1. The van der Waals surface area contributed by atoms with Gasteiger partial charge in [0.2, 0.25) is 5.91 Å². The van der Waals surface area contributed by atoms with Gasteiger partial charge in [-0.3, -0.25) is 9.32 Å². The average molecular weight is 432 g/mol. The molecule has 0 aliphatic rings. The lowest BCUT2D eigenvalue weighted by Gasteiger charge is -2.11. The molecule has 0 aliphatic heterocycles. The van der Waals surface area contributed by atoms with Crippen LogP contribution in [0.3, 0.4) is 0 Å². The standard InChI is InChI=1S/C21H38NO6P/c1-2-3-4-5-6-7-8-9-10-11-12-13-14-15-16-17-21(24)22-18-20(23)19-28-29(25,26)27/h12-17,20,23H,2-11,18-19H2,1H3,(H,22,24)(H2,25,26,27). The fraction of sp³-hybridized carbons (Fsp3) is 0.667. The lowest BCUT2D eigenvalue weighted by Crippen LogP contribution is -2.33. The molecule has 0 aliphatic carbocycles. The van der Waals surface area contributed by atoms with Crippen molar-refractivity contribution in [2.24, 2.45) is 0 Å². The van der Waals surface area contributed by atoms with Crippen molar-refractivity contribution in [2.45, 2.75) is 77.2 Å². The zero-order chi connectivity index (χ0) is 21.8. The number of aliphatic hydroxyl groups is 1. The van der Waals surface area contributed by atoms with E-state index in [0.717, 1.165) is 6.42 Å². The molecule has 168 valence electrons. The highest BCUT2D eigenvalue weighted by Crippen LogP contribution is 2.35. The first-order chi connectivity index (χ1) is 13.8. The number of aliphatic hydroxyl groups excluding tert-OH is 1. The molecule has 0 aromatic heterocycles. The molecule has 0 heterocycles. The lowest BCUT2D eigenvalue weighted by atomic mass is 10.1. The van der Waals surface area contributed by atoms with E-state index in [1.807, 2.05) is 12.2 Å². The van der Waals surface area contributed by atoms with Crippen molar-refractivity contribution in [1.29, 1.82) is 0 Å². The number of phosphoric ester groups is 1. The van der Waals surface area contributed by atoms with Gasteiger partial charge in [0.25, 0.3) is 0 Å². The molecule has 0 aromatic rings. The molecule has 0 bridgehead atoms. The topological polar surface area (TPSA) is 116 Å². The molecule has 0 radical (unpaired) electrons. The number of phosphoric acid groups is 1. The average Bonchev–Trinajstić information content (AvgIpc) is 2.67. The first-order valence-corrected chi connectivity index (χ1v) is 12.0. The van der Waals surface area contributed by atoms with Crippen molar-refractivity contribution >= 4 is 13.7 Å². The van der Waals surface area contributed by atoms with Crippen LogP contribution in [0.15, 0.2) is 36.5 Å². The van der Waals surface area contributed by atoms with Crippen LogP contribution in [0.25, 0.3) is 0 Å². The van der Waals surface area contributed by atoms with Crippen LogP contribution in [0.2, 0.25) is 0 Å². The van der Waals surface area contributed by atoms with Gasteiger partial charge in [-0.1, -0.05) is 88.7 Å². The van der Waals surface area contributed by atoms with Crippen molar-refractivity contribution in [3.05, 3.63) is 36.5 Å². The van der Waals surface area contributed by atoms with Gasteiger partial charge >= 0.3 is 7.82 Å². The number of rotatable bonds is 18. The van der Waals surface area contributed by atoms with Gasteiger partial charge in [0.1, 0.15) is 0 Å². The van der Waals surface area contributed by atoms with E-state index in [-0.39, 0.29) is 6.54 Å². The van der Waals surface area contributed by atoms with Crippen LogP contribution in [0, 0.1) is 0 Å². The molecule has 0 saturated carbocycles. The number of carbonyl (C=O) groups is 1. The number of amides is 1. The van der Waals surface area contributed by atoms with Gasteiger partial charge in [-0.2, -0.15) is 0 Å². The van der Waals surface area contributed by atoms with Crippen molar-refractivity contribution in [1.82, 2.24) is 5.32 Å². The smallest absolute Gasteiger partial charge is 0.389 e. The Balaban J connectivity index is 3.63. The van der Waals surface area contributed by atoms with Gasteiger partial charge in [0.05, 0.1) is 12.7 Å². The van der Waals surface area contributed by atoms with Gasteiger partial charge in [0, 0.05) is 12.6 Å². The molecule has 1 unspecified atom stereocenters. The van der Waals surface area contributed by atoms with Gasteiger partial charge in [-0.05, 0) is 12.8 Å². The van der Waals surface area contributed by atoms with Crippen molar-refractivity contribution in [3.63, 3.8) is 0 Å². The van der Waals surface area contributed by atoms with Crippen LogP contribution in [0.4, 0.5) is 0 Å². The quantitative estimate of drug-likeness (QED) is 0.112. The molecule has 0 aromatic carbocycles. The summed E-state index contributed by atoms with van der Waals surface area (Å²) in [7, 11) is -4.62. The first kappa shape index (κ1) is 27.8. The minimum Gasteiger partial charge on any atom is -0.389 e. The summed E-state index contributed by atoms with van der Waals surface area (Å²) < 4.78 is 14.6. The third-order valence-corrected chi connectivity index (χ3v) is 4.62. The highest BCUT2D eigenvalue weighted by Gasteiger charge is 2.16. The third kappa shape index (κ3) is 22.9. The summed E-state index contributed by atoms with van der Waals surface area (Å²) >= 11 is 0. The molecule has 0 spiro atoms. The van der Waals surface area contributed by atoms with E-state index in [1.54, 1.807) is 12.2 Å². The second-order valence-electron chi connectivity index (χ2n) is 6.97. The fourth-order valence-corrected chi connectivity index (χ4v) is 2.90. The fourth-order valence-electron chi connectivity index (χ4n) is 2.54. The number of hydrogen-bond donors (Lipinski definition) is 4. The number of hydrogen-bond acceptors (Lipinski definition) is 4. The van der Waals surface area contributed by atoms with Crippen LogP contribution in [0.5, 0.6) is 0 Å². The zero-order valence-electron chi connectivity index (χ0n) is 17.5. The van der Waals surface area contributed by atoms with Gasteiger partial charge < -0.3 is 20.2 Å². The van der Waals surface area contributed by atoms with E-state index in [4.69, 9.17) is 9.79 Å². The second-order valence-corrected chi connectivity index (χ2v) is 8.21. The predicted molar refractivity (Wildman–Crippen MR) is 116 cm³/mol. The molecule has 7 nitrogen and oxygen atoms in total. The maximum absolute atomic E-state index is 11.5. The number of allylic oxidation sites excluding steroid dienone is 5. The van der Waals surface area contributed by atoms with Crippen LogP contribution < -0.4 is 5.32 Å². The Labute approximate surface area is 175 Å². The molecule has 0 rings (SSSR count). The van der Waals surface area contributed by atoms with Gasteiger partial charge in [-0.25, -0.2) is 4.57 Å². The predicted octanol–water partition coefficient (Wildman–Crippen LogP) is 4.16. The van der Waals surface area contributed by atoms with E-state index in [2.05, 4.69) is 22.8 Å². The summed E-state index contributed by atoms with van der Waals surface area (Å²) in [5, 5.41) is 11.8. The molecule has 1 amide bonds. The lowest BCUT2D eigenvalue weighted by molar-refractivity contribution is -0.117. The Kier molecular flexibility index (Phi) is 18.0. The van der Waals surface area contributed by atoms with E-state index in [1.165, 1.54) is 63.9 Å². The zero-order valence-corrected chi connectivity index (χ0v) is 18.4. The van der Waals surface area contributed by atoms with Crippen LogP contribution in [-0.4, -0.2) is 40.1 Å². The highest BCUT2D eigenvalue weighted by atomic mass is 31.2. The summed E-state index contributed by atoms with van der Waals surface area (Å²) in [6.07, 6.45) is 22.3. The molecular weight excluding hydrogens is 393 g/mol. The molecular formula is C21H38NO6P. The second kappa shape index (κ2) is 18.8. The number of unbranched alkanes of at least 4 members (excludes halogenated alkanes) is 9. The Morgan fingerprint density at radius 2 is 1.55 bits per heavy atom. The van der Waals surface area contributed by atoms with E-state index < -0.39 is 26.4 Å². The normalized spacial score (nSPS) is 13.7. The van der Waals surface area contributed by atoms with E-state index in [9.17, 15) is 14.5 Å². The molecule has 0 saturated heterocycles. The summed E-state index contributed by atoms with van der Waals surface area (Å²) in [5.41, 5.74) is 0. The maximum Gasteiger partial charge on any atom is 0.469 e. The molecule has 8 heteroatoms. The van der Waals surface area contributed by atoms with Crippen molar-refractivity contribution in [2.75, 3.05) is 13.2 Å². The summed E-state index contributed by atoms with van der Waals surface area (Å²) in [6.45, 7) is 1.52. The van der Waals surface area contributed by atoms with Crippen LogP contribution in [0.1, 0.15) is 71.1 Å². The summed E-state index contributed by atoms with van der Waals surface area (Å²) in [5.74, 6) is -0.413. The molecule has 4 N–H and O–H groups in total. The third-order valence-electron chi connectivity index (χ3n) is 4.14. The minimum atomic E-state index is -4.62. The largest absolute Gasteiger partial charge is 0.469 e. The Bertz CT molecular complexity index is 541. The van der Waals surface area contributed by atoms with Crippen molar-refractivity contribution < 1.29 is 28.8 Å². The van der Waals surface area contributed by atoms with Crippen LogP contribution >= 0.6 is 7.82 Å². The summed E-state index contributed by atoms with van der Waals surface area (Å²) in [6, 6.07) is 0. The maximum atomic E-state index is 11.5. The van der Waals surface area contributed by atoms with Gasteiger partial charge in [-0.15, -0.1) is 0 Å². The van der Waals surface area contributed by atoms with Gasteiger partial charge in [0.15, 0.2) is 0 Å². The Morgan fingerprint density at radius 3 is 2.17 bits per heavy atom. The monoisotopic (exact) mass is 431 g/mol. The van der Waals surface area contributed by atoms with Crippen LogP contribution in [-0.2, 0) is 13.9 Å². The van der Waals surface area contributed by atoms with E-state index >= 15 is 0 Å². The Morgan fingerprint density at radius 1 is 0.966 bits per heavy atom. The minimum absolute atomic E-state index is 0.161. The number of carbonyl (C=O) groups excluding carboxylic acids is 1. The van der Waals surface area contributed by atoms with E-state index in [0.29, 0.717) is 0 Å². The van der Waals surface area contributed by atoms with Crippen molar-refractivity contribution in [3.8, 4) is 0 Å². The highest BCUT2D eigenvalue weighted by molar-refractivity contribution is 7.46. The first-order valence-electron chi connectivity index (χ1n) is 10.5. The molecule has 1 atom stereocenters. The SMILES string of the molecule is CCCCCCCCCCCC=CC=CC=CC(=O)NCC(O)COP(=O)(O)O. The Hall–Kier alpha value is -1.24. The molecule has 29 heavy (non-hydrogen) atoms. The summed E-state index contributed by atoms with van der Waals surface area (Å²) in [4.78, 5) is 28.6.